The molecular formula is C12H11NO2. The van der Waals surface area contributed by atoms with Crippen molar-refractivity contribution in [2.75, 3.05) is 0 Å². The van der Waals surface area contributed by atoms with Crippen LogP contribution in [0.1, 0.15) is 12.0 Å². The number of carboxylic acid groups (broad SMARTS) is 1. The smallest absolute Gasteiger partial charge is 0.332 e. The van der Waals surface area contributed by atoms with E-state index in [4.69, 9.17) is 10.4 Å². The van der Waals surface area contributed by atoms with Crippen LogP contribution in [0.4, 0.5) is 0 Å². The molecule has 0 fully saturated rings. The molecular weight excluding hydrogens is 190 g/mol. The van der Waals surface area contributed by atoms with Crippen molar-refractivity contribution in [3.8, 4) is 6.07 Å². The summed E-state index contributed by atoms with van der Waals surface area (Å²) in [7, 11) is 0. The first kappa shape index (κ1) is 11.0. The van der Waals surface area contributed by atoms with Crippen LogP contribution >= 0.6 is 0 Å². The molecule has 0 aliphatic rings. The number of carboxylic acids is 1. The van der Waals surface area contributed by atoms with Crippen LogP contribution in [-0.4, -0.2) is 11.1 Å². The molecule has 15 heavy (non-hydrogen) atoms. The Morgan fingerprint density at radius 1 is 1.40 bits per heavy atom. The zero-order valence-corrected chi connectivity index (χ0v) is 8.18. The van der Waals surface area contributed by atoms with Crippen molar-refractivity contribution >= 4 is 5.97 Å². The van der Waals surface area contributed by atoms with Crippen molar-refractivity contribution in [3.63, 3.8) is 0 Å². The lowest BCUT2D eigenvalue weighted by Gasteiger charge is -2.01. The van der Waals surface area contributed by atoms with Crippen LogP contribution in [-0.2, 0) is 11.2 Å². The number of hydrogen-bond acceptors (Lipinski definition) is 2. The number of hydrogen-bond donors (Lipinski definition) is 1. The first-order valence-corrected chi connectivity index (χ1v) is 4.60. The zero-order chi connectivity index (χ0) is 11.1. The molecule has 0 radical (unpaired) electrons. The maximum Gasteiger partial charge on any atom is 0.332 e. The Hall–Kier alpha value is -2.08. The Labute approximate surface area is 88.3 Å². The second kappa shape index (κ2) is 5.61. The van der Waals surface area contributed by atoms with E-state index >= 15 is 0 Å². The standard InChI is InChI=1S/C12H11NO2/c13-9-8-11(12(14)15)7-6-10-4-2-1-3-5-10/h1-5,8H,6-7H2,(H,14,15). The molecule has 0 spiro atoms. The van der Waals surface area contributed by atoms with Crippen LogP contribution in [0.5, 0.6) is 0 Å². The van der Waals surface area contributed by atoms with Crippen LogP contribution < -0.4 is 0 Å². The quantitative estimate of drug-likeness (QED) is 0.599. The SMILES string of the molecule is N#CC=C(CCc1ccccc1)C(=O)O. The van der Waals surface area contributed by atoms with Gasteiger partial charge in [-0.2, -0.15) is 5.26 Å². The van der Waals surface area contributed by atoms with E-state index < -0.39 is 5.97 Å². The van der Waals surface area contributed by atoms with Gasteiger partial charge in [-0.05, 0) is 18.4 Å². The normalized spacial score (nSPS) is 10.7. The molecule has 0 heterocycles. The molecule has 0 bridgehead atoms. The largest absolute Gasteiger partial charge is 0.478 e. The van der Waals surface area contributed by atoms with Crippen molar-refractivity contribution < 1.29 is 9.90 Å². The molecule has 0 unspecified atom stereocenters. The number of nitriles is 1. The molecule has 76 valence electrons. The molecule has 1 rings (SSSR count). The van der Waals surface area contributed by atoms with Gasteiger partial charge in [-0.15, -0.1) is 0 Å². The highest BCUT2D eigenvalue weighted by Crippen LogP contribution is 2.08. The molecule has 1 N–H and O–H groups in total. The minimum absolute atomic E-state index is 0.154. The number of nitrogens with zero attached hydrogens (tertiary/aromatic N) is 1. The molecule has 1 aromatic carbocycles. The van der Waals surface area contributed by atoms with Crippen molar-refractivity contribution in [2.24, 2.45) is 0 Å². The van der Waals surface area contributed by atoms with Crippen LogP contribution in [0.2, 0.25) is 0 Å². The van der Waals surface area contributed by atoms with Gasteiger partial charge in [0.15, 0.2) is 0 Å². The summed E-state index contributed by atoms with van der Waals surface area (Å²) in [5.74, 6) is -1.02. The predicted octanol–water partition coefficient (Wildman–Crippen LogP) is 2.15. The Kier molecular flexibility index (Phi) is 4.11. The molecule has 0 saturated carbocycles. The highest BCUT2D eigenvalue weighted by atomic mass is 16.4. The van der Waals surface area contributed by atoms with Gasteiger partial charge in [0.1, 0.15) is 0 Å². The van der Waals surface area contributed by atoms with E-state index in [2.05, 4.69) is 0 Å². The lowest BCUT2D eigenvalue weighted by atomic mass is 10.0. The van der Waals surface area contributed by atoms with E-state index in [0.717, 1.165) is 11.6 Å². The third-order valence-corrected chi connectivity index (χ3v) is 2.04. The Morgan fingerprint density at radius 2 is 2.07 bits per heavy atom. The van der Waals surface area contributed by atoms with Gasteiger partial charge in [-0.3, -0.25) is 0 Å². The van der Waals surface area contributed by atoms with Crippen LogP contribution in [0.3, 0.4) is 0 Å². The minimum Gasteiger partial charge on any atom is -0.478 e. The van der Waals surface area contributed by atoms with E-state index in [-0.39, 0.29) is 5.57 Å². The van der Waals surface area contributed by atoms with Gasteiger partial charge in [-0.1, -0.05) is 30.3 Å². The summed E-state index contributed by atoms with van der Waals surface area (Å²) in [5.41, 5.74) is 1.23. The molecule has 3 heteroatoms. The highest BCUT2D eigenvalue weighted by Gasteiger charge is 2.06. The molecule has 3 nitrogen and oxygen atoms in total. The molecule has 0 aliphatic heterocycles. The van der Waals surface area contributed by atoms with Crippen molar-refractivity contribution in [2.45, 2.75) is 12.8 Å². The third kappa shape index (κ3) is 3.65. The number of allylic oxidation sites excluding steroid dienone is 1. The van der Waals surface area contributed by atoms with E-state index in [9.17, 15) is 4.79 Å². The fourth-order valence-corrected chi connectivity index (χ4v) is 1.24. The van der Waals surface area contributed by atoms with Crippen molar-refractivity contribution in [3.05, 3.63) is 47.5 Å². The predicted molar refractivity (Wildman–Crippen MR) is 56.1 cm³/mol. The number of benzene rings is 1. The van der Waals surface area contributed by atoms with Crippen molar-refractivity contribution in [1.82, 2.24) is 0 Å². The summed E-state index contributed by atoms with van der Waals surface area (Å²) in [5, 5.41) is 17.2. The van der Waals surface area contributed by atoms with Gasteiger partial charge < -0.3 is 5.11 Å². The molecule has 0 saturated heterocycles. The number of carbonyl (C=O) groups is 1. The Morgan fingerprint density at radius 3 is 2.60 bits per heavy atom. The number of rotatable bonds is 4. The molecule has 0 atom stereocenters. The summed E-state index contributed by atoms with van der Waals surface area (Å²) in [4.78, 5) is 10.7. The van der Waals surface area contributed by atoms with E-state index in [0.29, 0.717) is 12.8 Å². The first-order chi connectivity index (χ1) is 7.24. The van der Waals surface area contributed by atoms with Gasteiger partial charge in [-0.25, -0.2) is 4.79 Å². The maximum atomic E-state index is 10.7. The van der Waals surface area contributed by atoms with Crippen LogP contribution in [0, 0.1) is 11.3 Å². The van der Waals surface area contributed by atoms with Crippen LogP contribution in [0.25, 0.3) is 0 Å². The lowest BCUT2D eigenvalue weighted by Crippen LogP contribution is -2.01. The molecule has 1 aromatic rings. The van der Waals surface area contributed by atoms with Gasteiger partial charge in [0.2, 0.25) is 0 Å². The molecule has 0 aliphatic carbocycles. The molecule has 0 amide bonds. The summed E-state index contributed by atoms with van der Waals surface area (Å²) < 4.78 is 0. The number of aliphatic carboxylic acids is 1. The number of aryl methyl sites for hydroxylation is 1. The maximum absolute atomic E-state index is 10.7. The van der Waals surface area contributed by atoms with E-state index in [1.807, 2.05) is 30.3 Å². The summed E-state index contributed by atoms with van der Waals surface area (Å²) in [6.45, 7) is 0. The van der Waals surface area contributed by atoms with Gasteiger partial charge >= 0.3 is 5.97 Å². The summed E-state index contributed by atoms with van der Waals surface area (Å²) in [6, 6.07) is 11.3. The van der Waals surface area contributed by atoms with Crippen molar-refractivity contribution in [1.29, 1.82) is 5.26 Å². The topological polar surface area (TPSA) is 61.1 Å². The monoisotopic (exact) mass is 201 g/mol. The Balaban J connectivity index is 2.60. The fourth-order valence-electron chi connectivity index (χ4n) is 1.24. The van der Waals surface area contributed by atoms with Gasteiger partial charge in [0.05, 0.1) is 6.07 Å². The summed E-state index contributed by atoms with van der Waals surface area (Å²) in [6.07, 6.45) is 2.11. The second-order valence-electron chi connectivity index (χ2n) is 3.09. The van der Waals surface area contributed by atoms with Gasteiger partial charge in [0, 0.05) is 11.6 Å². The van der Waals surface area contributed by atoms with Gasteiger partial charge in [0.25, 0.3) is 0 Å². The van der Waals surface area contributed by atoms with E-state index in [1.54, 1.807) is 6.07 Å². The minimum atomic E-state index is -1.02. The fraction of sp³-hybridized carbons (Fsp3) is 0.167. The highest BCUT2D eigenvalue weighted by molar-refractivity contribution is 5.87. The third-order valence-electron chi connectivity index (χ3n) is 2.04. The zero-order valence-electron chi connectivity index (χ0n) is 8.18. The van der Waals surface area contributed by atoms with Crippen LogP contribution in [0.15, 0.2) is 42.0 Å². The summed E-state index contributed by atoms with van der Waals surface area (Å²) >= 11 is 0. The average Bonchev–Trinajstić information content (AvgIpc) is 2.25. The lowest BCUT2D eigenvalue weighted by molar-refractivity contribution is -0.132. The Bertz CT molecular complexity index is 401. The average molecular weight is 201 g/mol. The first-order valence-electron chi connectivity index (χ1n) is 4.60. The molecule has 0 aromatic heterocycles. The second-order valence-corrected chi connectivity index (χ2v) is 3.09. The van der Waals surface area contributed by atoms with E-state index in [1.165, 1.54) is 0 Å².